The van der Waals surface area contributed by atoms with Crippen LogP contribution in [0.5, 0.6) is 0 Å². The van der Waals surface area contributed by atoms with E-state index >= 15 is 0 Å². The third-order valence-electron chi connectivity index (χ3n) is 2.54. The lowest BCUT2D eigenvalue weighted by atomic mass is 10.3. The quantitative estimate of drug-likeness (QED) is 0.501. The third-order valence-corrected chi connectivity index (χ3v) is 2.54. The Morgan fingerprint density at radius 3 is 1.89 bits per heavy atom. The lowest BCUT2D eigenvalue weighted by Gasteiger charge is -2.24. The first kappa shape index (κ1) is 15.2. The molecule has 0 heterocycles. The monoisotopic (exact) mass is 261 g/mol. The predicted octanol–water partition coefficient (Wildman–Crippen LogP) is 3.59. The largest absolute Gasteiger partial charge is 0.500 e. The molecule has 0 aromatic heterocycles. The standard InChI is InChI=1S/C16H23NO2/c1-3-12-18-14-10-17(11-15-19-13-4-2)16-8-6-5-7-9-16/h3-9,12-13H,10-11,14-15H2,1-2H3/b12-3+,13-4+. The number of nitrogens with zero attached hydrogens (tertiary/aromatic N) is 1. The molecule has 0 radical (unpaired) electrons. The van der Waals surface area contributed by atoms with Crippen molar-refractivity contribution >= 4 is 5.69 Å². The fourth-order valence-electron chi connectivity index (χ4n) is 1.66. The van der Waals surface area contributed by atoms with Gasteiger partial charge in [-0.05, 0) is 26.0 Å². The molecule has 0 saturated carbocycles. The summed E-state index contributed by atoms with van der Waals surface area (Å²) in [4.78, 5) is 2.26. The normalized spacial score (nSPS) is 11.1. The molecule has 3 nitrogen and oxygen atoms in total. The number of hydrogen-bond donors (Lipinski definition) is 0. The highest BCUT2D eigenvalue weighted by molar-refractivity contribution is 5.45. The number of anilines is 1. The van der Waals surface area contributed by atoms with Crippen LogP contribution in [0.1, 0.15) is 13.8 Å². The molecule has 19 heavy (non-hydrogen) atoms. The molecular formula is C16H23NO2. The van der Waals surface area contributed by atoms with Crippen molar-refractivity contribution in [3.8, 4) is 0 Å². The number of para-hydroxylation sites is 1. The van der Waals surface area contributed by atoms with Crippen LogP contribution < -0.4 is 4.90 Å². The van der Waals surface area contributed by atoms with Gasteiger partial charge in [0.25, 0.3) is 0 Å². The Bertz CT molecular complexity index is 356. The van der Waals surface area contributed by atoms with Gasteiger partial charge >= 0.3 is 0 Å². The molecule has 0 unspecified atom stereocenters. The zero-order valence-corrected chi connectivity index (χ0v) is 11.8. The Kier molecular flexibility index (Phi) is 8.03. The van der Waals surface area contributed by atoms with E-state index in [2.05, 4.69) is 17.0 Å². The first-order valence-electron chi connectivity index (χ1n) is 6.64. The molecule has 0 aliphatic carbocycles. The summed E-state index contributed by atoms with van der Waals surface area (Å²) in [5, 5.41) is 0. The van der Waals surface area contributed by atoms with Crippen LogP contribution in [-0.4, -0.2) is 26.3 Å². The van der Waals surface area contributed by atoms with Crippen molar-refractivity contribution < 1.29 is 9.47 Å². The van der Waals surface area contributed by atoms with Crippen molar-refractivity contribution in [2.75, 3.05) is 31.2 Å². The Morgan fingerprint density at radius 1 is 0.895 bits per heavy atom. The molecule has 1 aromatic rings. The summed E-state index contributed by atoms with van der Waals surface area (Å²) in [7, 11) is 0. The minimum Gasteiger partial charge on any atom is -0.500 e. The van der Waals surface area contributed by atoms with E-state index in [0.717, 1.165) is 13.1 Å². The van der Waals surface area contributed by atoms with E-state index in [-0.39, 0.29) is 0 Å². The lowest BCUT2D eigenvalue weighted by molar-refractivity contribution is 0.238. The molecule has 0 N–H and O–H groups in total. The summed E-state index contributed by atoms with van der Waals surface area (Å²) >= 11 is 0. The first-order valence-corrected chi connectivity index (χ1v) is 6.64. The van der Waals surface area contributed by atoms with Crippen LogP contribution in [-0.2, 0) is 9.47 Å². The fraction of sp³-hybridized carbons (Fsp3) is 0.375. The van der Waals surface area contributed by atoms with Crippen LogP contribution in [0.4, 0.5) is 5.69 Å². The van der Waals surface area contributed by atoms with Crippen LogP contribution in [0.2, 0.25) is 0 Å². The van der Waals surface area contributed by atoms with Gasteiger partial charge in [-0.3, -0.25) is 0 Å². The van der Waals surface area contributed by atoms with E-state index in [1.54, 1.807) is 12.5 Å². The second-order valence-corrected chi connectivity index (χ2v) is 4.00. The highest BCUT2D eigenvalue weighted by atomic mass is 16.5. The van der Waals surface area contributed by atoms with Crippen molar-refractivity contribution in [2.24, 2.45) is 0 Å². The van der Waals surface area contributed by atoms with Crippen molar-refractivity contribution in [1.29, 1.82) is 0 Å². The predicted molar refractivity (Wildman–Crippen MR) is 80.2 cm³/mol. The van der Waals surface area contributed by atoms with E-state index in [0.29, 0.717) is 13.2 Å². The zero-order valence-electron chi connectivity index (χ0n) is 11.8. The molecule has 0 fully saturated rings. The number of hydrogen-bond acceptors (Lipinski definition) is 3. The zero-order chi connectivity index (χ0) is 13.8. The van der Waals surface area contributed by atoms with Gasteiger partial charge in [-0.15, -0.1) is 0 Å². The smallest absolute Gasteiger partial charge is 0.105 e. The molecule has 0 amide bonds. The second-order valence-electron chi connectivity index (χ2n) is 4.00. The van der Waals surface area contributed by atoms with Gasteiger partial charge in [0.2, 0.25) is 0 Å². The Balaban J connectivity index is 2.47. The SMILES string of the molecule is C/C=C/OCCN(CCO/C=C/C)c1ccccc1. The van der Waals surface area contributed by atoms with Crippen LogP contribution in [0.25, 0.3) is 0 Å². The molecule has 0 bridgehead atoms. The van der Waals surface area contributed by atoms with Gasteiger partial charge in [0.15, 0.2) is 0 Å². The third kappa shape index (κ3) is 6.55. The molecule has 0 atom stereocenters. The summed E-state index contributed by atoms with van der Waals surface area (Å²) in [5.41, 5.74) is 1.19. The van der Waals surface area contributed by atoms with Gasteiger partial charge in [0, 0.05) is 5.69 Å². The molecule has 0 saturated heterocycles. The minimum absolute atomic E-state index is 0.669. The Morgan fingerprint density at radius 2 is 1.42 bits per heavy atom. The lowest BCUT2D eigenvalue weighted by Crippen LogP contribution is -2.30. The van der Waals surface area contributed by atoms with Crippen LogP contribution >= 0.6 is 0 Å². The van der Waals surface area contributed by atoms with Gasteiger partial charge in [-0.25, -0.2) is 0 Å². The summed E-state index contributed by atoms with van der Waals surface area (Å²) in [6.07, 6.45) is 7.23. The Hall–Kier alpha value is -1.90. The van der Waals surface area contributed by atoms with E-state index in [4.69, 9.17) is 9.47 Å². The number of ether oxygens (including phenoxy) is 2. The fourth-order valence-corrected chi connectivity index (χ4v) is 1.66. The van der Waals surface area contributed by atoms with Crippen molar-refractivity contribution in [3.05, 3.63) is 55.0 Å². The van der Waals surface area contributed by atoms with E-state index < -0.39 is 0 Å². The molecule has 0 aliphatic heterocycles. The number of rotatable bonds is 9. The highest BCUT2D eigenvalue weighted by Gasteiger charge is 2.05. The number of allylic oxidation sites excluding steroid dienone is 2. The molecule has 0 aliphatic rings. The van der Waals surface area contributed by atoms with Gasteiger partial charge in [0.1, 0.15) is 13.2 Å². The van der Waals surface area contributed by atoms with Crippen LogP contribution in [0, 0.1) is 0 Å². The molecule has 1 rings (SSSR count). The maximum absolute atomic E-state index is 5.39. The minimum atomic E-state index is 0.669. The second kappa shape index (κ2) is 10.1. The van der Waals surface area contributed by atoms with Crippen LogP contribution in [0.15, 0.2) is 55.0 Å². The number of benzene rings is 1. The Labute approximate surface area is 116 Å². The van der Waals surface area contributed by atoms with Gasteiger partial charge in [-0.2, -0.15) is 0 Å². The highest BCUT2D eigenvalue weighted by Crippen LogP contribution is 2.12. The molecule has 104 valence electrons. The maximum Gasteiger partial charge on any atom is 0.105 e. The van der Waals surface area contributed by atoms with Crippen molar-refractivity contribution in [1.82, 2.24) is 0 Å². The summed E-state index contributed by atoms with van der Waals surface area (Å²) in [5.74, 6) is 0. The van der Waals surface area contributed by atoms with Crippen molar-refractivity contribution in [2.45, 2.75) is 13.8 Å². The summed E-state index contributed by atoms with van der Waals surface area (Å²) in [6, 6.07) is 10.3. The molecule has 1 aromatic carbocycles. The molecular weight excluding hydrogens is 238 g/mol. The van der Waals surface area contributed by atoms with E-state index in [1.165, 1.54) is 5.69 Å². The van der Waals surface area contributed by atoms with E-state index in [9.17, 15) is 0 Å². The average molecular weight is 261 g/mol. The van der Waals surface area contributed by atoms with Crippen molar-refractivity contribution in [3.63, 3.8) is 0 Å². The topological polar surface area (TPSA) is 21.7 Å². The van der Waals surface area contributed by atoms with E-state index in [1.807, 2.05) is 44.2 Å². The molecule has 0 spiro atoms. The maximum atomic E-state index is 5.39. The van der Waals surface area contributed by atoms with Gasteiger partial charge in [0.05, 0.1) is 25.6 Å². The van der Waals surface area contributed by atoms with Gasteiger partial charge < -0.3 is 14.4 Å². The van der Waals surface area contributed by atoms with Crippen LogP contribution in [0.3, 0.4) is 0 Å². The summed E-state index contributed by atoms with van der Waals surface area (Å²) < 4.78 is 10.8. The average Bonchev–Trinajstić information content (AvgIpc) is 2.46. The van der Waals surface area contributed by atoms with Gasteiger partial charge in [-0.1, -0.05) is 30.4 Å². The summed E-state index contributed by atoms with van der Waals surface area (Å²) in [6.45, 7) is 6.91. The first-order chi connectivity index (χ1) is 9.38. The molecule has 3 heteroatoms.